The fraction of sp³-hybridized carbons (Fsp3) is 0. The molecule has 1 N–H and O–H groups in total. The first kappa shape index (κ1) is 9.19. The second-order valence-electron chi connectivity index (χ2n) is 2.30. The van der Waals surface area contributed by atoms with Gasteiger partial charge in [-0.3, -0.25) is 9.78 Å². The Kier molecular flexibility index (Phi) is 3.45. The minimum Gasteiger partial charge on any atom is -0.330 e. The van der Waals surface area contributed by atoms with E-state index < -0.39 is 0 Å². The van der Waals surface area contributed by atoms with Crippen molar-refractivity contribution in [2.45, 2.75) is 0 Å². The molecular weight excluding hydrogens is 164 g/mol. The minimum atomic E-state index is -0.208. The first-order valence-electron chi connectivity index (χ1n) is 3.83. The van der Waals surface area contributed by atoms with Crippen molar-refractivity contribution in [2.75, 3.05) is 0 Å². The van der Waals surface area contributed by atoms with Gasteiger partial charge in [-0.05, 0) is 24.4 Å². The number of pyridine rings is 1. The number of nitrogens with one attached hydrogen (secondary N) is 1. The van der Waals surface area contributed by atoms with Crippen LogP contribution in [0.2, 0.25) is 0 Å². The molecule has 1 rings (SSSR count). The molecule has 0 aliphatic carbocycles. The van der Waals surface area contributed by atoms with Crippen molar-refractivity contribution >= 4 is 12.0 Å². The van der Waals surface area contributed by atoms with Gasteiger partial charge in [0.05, 0.1) is 5.69 Å². The topological polar surface area (TPSA) is 42.0 Å². The first-order valence-corrected chi connectivity index (χ1v) is 3.83. The van der Waals surface area contributed by atoms with Gasteiger partial charge in [-0.1, -0.05) is 12.6 Å². The zero-order valence-corrected chi connectivity index (χ0v) is 7.10. The molecule has 0 bridgehead atoms. The second-order valence-corrected chi connectivity index (χ2v) is 2.30. The Bertz CT molecular complexity index is 317. The van der Waals surface area contributed by atoms with Crippen molar-refractivity contribution in [2.24, 2.45) is 0 Å². The lowest BCUT2D eigenvalue weighted by Crippen LogP contribution is -2.12. The molecule has 0 saturated heterocycles. The number of carbonyl (C=O) groups is 1. The summed E-state index contributed by atoms with van der Waals surface area (Å²) in [6.07, 6.45) is 6.05. The Balaban J connectivity index is 2.58. The summed E-state index contributed by atoms with van der Waals surface area (Å²) in [5.74, 6) is -0.208. The highest BCUT2D eigenvalue weighted by Gasteiger charge is 1.89. The van der Waals surface area contributed by atoms with E-state index in [1.54, 1.807) is 12.3 Å². The normalized spacial score (nSPS) is 9.85. The van der Waals surface area contributed by atoms with Gasteiger partial charge in [-0.2, -0.15) is 0 Å². The molecule has 0 aromatic carbocycles. The van der Waals surface area contributed by atoms with Crippen molar-refractivity contribution in [1.29, 1.82) is 0 Å². The third-order valence-corrected chi connectivity index (χ3v) is 1.34. The van der Waals surface area contributed by atoms with Crippen molar-refractivity contribution in [3.05, 3.63) is 48.9 Å². The van der Waals surface area contributed by atoms with Gasteiger partial charge in [0.1, 0.15) is 0 Å². The van der Waals surface area contributed by atoms with Crippen molar-refractivity contribution < 1.29 is 4.79 Å². The average molecular weight is 174 g/mol. The van der Waals surface area contributed by atoms with Gasteiger partial charge >= 0.3 is 0 Å². The van der Waals surface area contributed by atoms with Gasteiger partial charge in [0.25, 0.3) is 0 Å². The maximum absolute atomic E-state index is 10.9. The zero-order chi connectivity index (χ0) is 9.52. The van der Waals surface area contributed by atoms with Gasteiger partial charge in [0.2, 0.25) is 5.91 Å². The zero-order valence-electron chi connectivity index (χ0n) is 7.10. The molecule has 0 radical (unpaired) electrons. The fourth-order valence-electron chi connectivity index (χ4n) is 0.784. The van der Waals surface area contributed by atoms with Gasteiger partial charge in [0, 0.05) is 12.3 Å². The summed E-state index contributed by atoms with van der Waals surface area (Å²) < 4.78 is 0. The van der Waals surface area contributed by atoms with Crippen LogP contribution in [0.5, 0.6) is 0 Å². The molecule has 0 unspecified atom stereocenters. The molecule has 1 aromatic rings. The largest absolute Gasteiger partial charge is 0.330 e. The van der Waals surface area contributed by atoms with E-state index in [4.69, 9.17) is 0 Å². The van der Waals surface area contributed by atoms with E-state index in [0.717, 1.165) is 5.69 Å². The number of rotatable bonds is 3. The van der Waals surface area contributed by atoms with Crippen molar-refractivity contribution in [3.8, 4) is 0 Å². The molecule has 0 saturated carbocycles. The van der Waals surface area contributed by atoms with Crippen LogP contribution in [0.3, 0.4) is 0 Å². The SMILES string of the molecule is C=CNC(=O)C=Cc1ccccn1. The van der Waals surface area contributed by atoms with Gasteiger partial charge in [-0.15, -0.1) is 0 Å². The van der Waals surface area contributed by atoms with Crippen LogP contribution in [-0.2, 0) is 4.79 Å². The highest BCUT2D eigenvalue weighted by molar-refractivity contribution is 5.91. The number of hydrogen-bond acceptors (Lipinski definition) is 2. The maximum Gasteiger partial charge on any atom is 0.247 e. The summed E-state index contributed by atoms with van der Waals surface area (Å²) in [4.78, 5) is 14.9. The molecule has 0 aliphatic heterocycles. The Labute approximate surface area is 76.8 Å². The number of carbonyl (C=O) groups excluding carboxylic acids is 1. The van der Waals surface area contributed by atoms with E-state index in [9.17, 15) is 4.79 Å². The number of hydrogen-bond donors (Lipinski definition) is 1. The van der Waals surface area contributed by atoms with Gasteiger partial charge < -0.3 is 5.32 Å². The van der Waals surface area contributed by atoms with E-state index in [-0.39, 0.29) is 5.91 Å². The molecule has 1 aromatic heterocycles. The highest BCUT2D eigenvalue weighted by Crippen LogP contribution is 1.95. The quantitative estimate of drug-likeness (QED) is 0.703. The number of amides is 1. The third-order valence-electron chi connectivity index (χ3n) is 1.34. The van der Waals surface area contributed by atoms with Crippen LogP contribution in [0.1, 0.15) is 5.69 Å². The summed E-state index contributed by atoms with van der Waals surface area (Å²) >= 11 is 0. The molecule has 0 aliphatic rings. The molecule has 1 heterocycles. The lowest BCUT2D eigenvalue weighted by molar-refractivity contribution is -0.115. The van der Waals surface area contributed by atoms with Crippen LogP contribution >= 0.6 is 0 Å². The molecule has 13 heavy (non-hydrogen) atoms. The van der Waals surface area contributed by atoms with E-state index in [0.29, 0.717) is 0 Å². The molecule has 3 nitrogen and oxygen atoms in total. The minimum absolute atomic E-state index is 0.208. The second kappa shape index (κ2) is 4.87. The van der Waals surface area contributed by atoms with E-state index >= 15 is 0 Å². The molecule has 0 fully saturated rings. The fourth-order valence-corrected chi connectivity index (χ4v) is 0.784. The number of nitrogens with zero attached hydrogens (tertiary/aromatic N) is 1. The predicted octanol–water partition coefficient (Wildman–Crippen LogP) is 1.35. The van der Waals surface area contributed by atoms with Crippen LogP contribution in [0.15, 0.2) is 43.3 Å². The lowest BCUT2D eigenvalue weighted by Gasteiger charge is -1.91. The Hall–Kier alpha value is -1.90. The van der Waals surface area contributed by atoms with Gasteiger partial charge in [0.15, 0.2) is 0 Å². The summed E-state index contributed by atoms with van der Waals surface area (Å²) in [6, 6.07) is 5.50. The van der Waals surface area contributed by atoms with Gasteiger partial charge in [-0.25, -0.2) is 0 Å². The highest BCUT2D eigenvalue weighted by atomic mass is 16.1. The van der Waals surface area contributed by atoms with E-state index in [1.165, 1.54) is 12.3 Å². The van der Waals surface area contributed by atoms with Crippen molar-refractivity contribution in [1.82, 2.24) is 10.3 Å². The summed E-state index contributed by atoms with van der Waals surface area (Å²) in [5.41, 5.74) is 0.752. The summed E-state index contributed by atoms with van der Waals surface area (Å²) in [7, 11) is 0. The average Bonchev–Trinajstić information content (AvgIpc) is 2.17. The Morgan fingerprint density at radius 1 is 1.54 bits per heavy atom. The van der Waals surface area contributed by atoms with E-state index in [1.807, 2.05) is 18.2 Å². The molecule has 0 spiro atoms. The molecular formula is C10H10N2O. The summed E-state index contributed by atoms with van der Waals surface area (Å²) in [5, 5.41) is 2.43. The van der Waals surface area contributed by atoms with Crippen LogP contribution in [0.4, 0.5) is 0 Å². The monoisotopic (exact) mass is 174 g/mol. The van der Waals surface area contributed by atoms with Crippen LogP contribution in [-0.4, -0.2) is 10.9 Å². The standard InChI is InChI=1S/C10H10N2O/c1-2-11-10(13)7-6-9-5-3-4-8-12-9/h2-8H,1H2,(H,11,13). The Morgan fingerprint density at radius 2 is 2.38 bits per heavy atom. The number of aromatic nitrogens is 1. The first-order chi connectivity index (χ1) is 6.33. The molecule has 3 heteroatoms. The molecule has 66 valence electrons. The smallest absolute Gasteiger partial charge is 0.247 e. The van der Waals surface area contributed by atoms with Crippen LogP contribution in [0, 0.1) is 0 Å². The molecule has 0 atom stereocenters. The Morgan fingerprint density at radius 3 is 3.00 bits per heavy atom. The third kappa shape index (κ3) is 3.33. The van der Waals surface area contributed by atoms with Crippen LogP contribution in [0.25, 0.3) is 6.08 Å². The van der Waals surface area contributed by atoms with Crippen molar-refractivity contribution in [3.63, 3.8) is 0 Å². The van der Waals surface area contributed by atoms with Crippen LogP contribution < -0.4 is 5.32 Å². The summed E-state index contributed by atoms with van der Waals surface area (Å²) in [6.45, 7) is 3.37. The van der Waals surface area contributed by atoms with E-state index in [2.05, 4.69) is 16.9 Å². The maximum atomic E-state index is 10.9. The predicted molar refractivity (Wildman–Crippen MR) is 51.6 cm³/mol. The molecule has 1 amide bonds. The lowest BCUT2D eigenvalue weighted by atomic mass is 10.3.